The number of benzene rings is 2. The van der Waals surface area contributed by atoms with Gasteiger partial charge in [-0.2, -0.15) is 0 Å². The predicted octanol–water partition coefficient (Wildman–Crippen LogP) is 3.56. The molecule has 1 unspecified atom stereocenters. The third-order valence-corrected chi connectivity index (χ3v) is 6.51. The lowest BCUT2D eigenvalue weighted by molar-refractivity contribution is -0.0322. The fraction of sp³-hybridized carbons (Fsp3) is 0.333. The van der Waals surface area contributed by atoms with Crippen molar-refractivity contribution in [2.24, 2.45) is 5.92 Å². The number of hydrogen-bond donors (Lipinski definition) is 4. The molecule has 2 fully saturated rings. The third kappa shape index (κ3) is 3.56. The quantitative estimate of drug-likeness (QED) is 0.580. The van der Waals surface area contributed by atoms with Crippen LogP contribution in [0.1, 0.15) is 30.1 Å². The van der Waals surface area contributed by atoms with Gasteiger partial charge in [-0.15, -0.1) is 0 Å². The second-order valence-electron chi connectivity index (χ2n) is 7.75. The maximum absolute atomic E-state index is 13.0. The van der Waals surface area contributed by atoms with Gasteiger partial charge >= 0.3 is 6.03 Å². The normalized spacial score (nSPS) is 26.0. The molecule has 3 amide bonds. The Morgan fingerprint density at radius 1 is 1.17 bits per heavy atom. The van der Waals surface area contributed by atoms with Crippen molar-refractivity contribution in [3.05, 3.63) is 58.1 Å². The summed E-state index contributed by atoms with van der Waals surface area (Å²) in [5, 5.41) is 19.9. The Labute approximate surface area is 178 Å². The molecule has 0 spiro atoms. The Bertz CT molecular complexity index is 991. The summed E-state index contributed by atoms with van der Waals surface area (Å²) in [5.41, 5.74) is -0.456. The number of carbonyl (C=O) groups is 2. The summed E-state index contributed by atoms with van der Waals surface area (Å²) in [5.74, 6) is -0.203. The second-order valence-corrected chi connectivity index (χ2v) is 8.57. The number of urea groups is 1. The van der Waals surface area contributed by atoms with Crippen LogP contribution in [0.5, 0.6) is 0 Å². The first-order valence-corrected chi connectivity index (χ1v) is 10.1. The molecule has 1 saturated carbocycles. The molecule has 152 valence electrons. The lowest BCUT2D eigenvalue weighted by Gasteiger charge is -2.38. The molecule has 0 aromatic heterocycles. The molecule has 0 radical (unpaired) electrons. The highest BCUT2D eigenvalue weighted by atomic mass is 35.5. The maximum atomic E-state index is 13.0. The van der Waals surface area contributed by atoms with E-state index in [9.17, 15) is 14.7 Å². The molecule has 0 bridgehead atoms. The number of carbonyl (C=O) groups excluding carboxylic acids is 2. The van der Waals surface area contributed by atoms with Crippen molar-refractivity contribution in [2.75, 3.05) is 6.54 Å². The van der Waals surface area contributed by atoms with Gasteiger partial charge in [0, 0.05) is 12.1 Å². The van der Waals surface area contributed by atoms with E-state index in [-0.39, 0.29) is 18.4 Å². The maximum Gasteiger partial charge on any atom is 0.317 e. The van der Waals surface area contributed by atoms with Crippen molar-refractivity contribution in [2.45, 2.75) is 31.0 Å². The van der Waals surface area contributed by atoms with Crippen LogP contribution < -0.4 is 16.0 Å². The van der Waals surface area contributed by atoms with Crippen LogP contribution in [0, 0.1) is 5.92 Å². The van der Waals surface area contributed by atoms with Gasteiger partial charge in [-0.05, 0) is 55.0 Å². The first kappa shape index (κ1) is 20.0. The van der Waals surface area contributed by atoms with Gasteiger partial charge in [0.2, 0.25) is 0 Å². The Hall–Kier alpha value is -2.28. The largest absolute Gasteiger partial charge is 0.369 e. The number of halogens is 2. The minimum atomic E-state index is -1.46. The van der Waals surface area contributed by atoms with Crippen LogP contribution in [0.2, 0.25) is 10.0 Å². The summed E-state index contributed by atoms with van der Waals surface area (Å²) < 4.78 is 0. The zero-order valence-electron chi connectivity index (χ0n) is 15.8. The average Bonchev–Trinajstić information content (AvgIpc) is 3.48. The molecule has 4 N–H and O–H groups in total. The van der Waals surface area contributed by atoms with Crippen molar-refractivity contribution in [1.82, 2.24) is 16.0 Å². The highest BCUT2D eigenvalue weighted by Gasteiger charge is 2.61. The molecule has 29 heavy (non-hydrogen) atoms. The van der Waals surface area contributed by atoms with E-state index >= 15 is 0 Å². The van der Waals surface area contributed by atoms with Crippen LogP contribution in [-0.2, 0) is 0 Å². The van der Waals surface area contributed by atoms with Crippen LogP contribution in [-0.4, -0.2) is 34.9 Å². The summed E-state index contributed by atoms with van der Waals surface area (Å²) in [6.07, 6.45) is 1.77. The molecule has 1 aliphatic heterocycles. The fourth-order valence-electron chi connectivity index (χ4n) is 4.04. The fourth-order valence-corrected chi connectivity index (χ4v) is 4.33. The average molecular weight is 434 g/mol. The summed E-state index contributed by atoms with van der Waals surface area (Å²) in [4.78, 5) is 24.9. The number of hydrogen-bond acceptors (Lipinski definition) is 3. The van der Waals surface area contributed by atoms with Crippen LogP contribution in [0.25, 0.3) is 11.1 Å². The van der Waals surface area contributed by atoms with E-state index in [0.29, 0.717) is 21.2 Å². The summed E-state index contributed by atoms with van der Waals surface area (Å²) in [7, 11) is 0. The first-order chi connectivity index (χ1) is 13.7. The van der Waals surface area contributed by atoms with Gasteiger partial charge < -0.3 is 21.1 Å². The molecule has 2 atom stereocenters. The van der Waals surface area contributed by atoms with Crippen LogP contribution in [0.15, 0.2) is 42.5 Å². The third-order valence-electron chi connectivity index (χ3n) is 5.77. The standard InChI is InChI=1S/C21H21Cl2N3O3/c1-20(29)21(13-7-8-13,26-19(28)25-20)11-24-18(27)15-5-3-2-4-14(15)12-6-9-16(22)17(23)10-12/h2-6,9-10,13,29H,7-8,11H2,1H3,(H,24,27)(H2,25,26,28)/t20?,21-/m0/s1. The van der Waals surface area contributed by atoms with E-state index < -0.39 is 17.3 Å². The van der Waals surface area contributed by atoms with Gasteiger partial charge in [-0.1, -0.05) is 47.5 Å². The highest BCUT2D eigenvalue weighted by Crippen LogP contribution is 2.46. The molecule has 2 aromatic rings. The zero-order valence-corrected chi connectivity index (χ0v) is 17.3. The molecular formula is C21H21Cl2N3O3. The predicted molar refractivity (Wildman–Crippen MR) is 112 cm³/mol. The van der Waals surface area contributed by atoms with Gasteiger partial charge in [0.25, 0.3) is 5.91 Å². The lowest BCUT2D eigenvalue weighted by Crippen LogP contribution is -2.65. The van der Waals surface area contributed by atoms with Gasteiger partial charge in [-0.3, -0.25) is 4.79 Å². The van der Waals surface area contributed by atoms with Gasteiger partial charge in [0.15, 0.2) is 5.72 Å². The minimum Gasteiger partial charge on any atom is -0.369 e. The van der Waals surface area contributed by atoms with E-state index in [1.165, 1.54) is 0 Å². The molecule has 6 nitrogen and oxygen atoms in total. The van der Waals surface area contributed by atoms with Gasteiger partial charge in [0.05, 0.1) is 10.0 Å². The van der Waals surface area contributed by atoms with E-state index in [0.717, 1.165) is 18.4 Å². The molecule has 1 aliphatic carbocycles. The Kier molecular flexibility index (Phi) is 4.97. The zero-order chi connectivity index (χ0) is 20.8. The number of aliphatic hydroxyl groups is 1. The monoisotopic (exact) mass is 433 g/mol. The van der Waals surface area contributed by atoms with Crippen molar-refractivity contribution in [3.8, 4) is 11.1 Å². The summed E-state index contributed by atoms with van der Waals surface area (Å²) in [6, 6.07) is 11.9. The van der Waals surface area contributed by atoms with Crippen molar-refractivity contribution >= 4 is 35.1 Å². The molecule has 2 aromatic carbocycles. The molecule has 8 heteroatoms. The SMILES string of the molecule is CC1(O)NC(=O)N[C@@]1(CNC(=O)c1ccccc1-c1ccc(Cl)c(Cl)c1)C1CC1. The minimum absolute atomic E-state index is 0.0991. The van der Waals surface area contributed by atoms with Crippen molar-refractivity contribution < 1.29 is 14.7 Å². The number of nitrogens with one attached hydrogen (secondary N) is 3. The molecule has 2 aliphatic rings. The number of rotatable bonds is 5. The van der Waals surface area contributed by atoms with Crippen LogP contribution >= 0.6 is 23.2 Å². The van der Waals surface area contributed by atoms with E-state index in [2.05, 4.69) is 16.0 Å². The topological polar surface area (TPSA) is 90.5 Å². The van der Waals surface area contributed by atoms with Crippen molar-refractivity contribution in [1.29, 1.82) is 0 Å². The van der Waals surface area contributed by atoms with Crippen molar-refractivity contribution in [3.63, 3.8) is 0 Å². The Morgan fingerprint density at radius 2 is 1.90 bits per heavy atom. The Balaban J connectivity index is 1.60. The molecular weight excluding hydrogens is 413 g/mol. The van der Waals surface area contributed by atoms with Crippen LogP contribution in [0.3, 0.4) is 0 Å². The molecule has 4 rings (SSSR count). The smallest absolute Gasteiger partial charge is 0.317 e. The van der Waals surface area contributed by atoms with Gasteiger partial charge in [-0.25, -0.2) is 4.79 Å². The Morgan fingerprint density at radius 3 is 2.52 bits per heavy atom. The molecule has 1 heterocycles. The summed E-state index contributed by atoms with van der Waals surface area (Å²) in [6.45, 7) is 1.66. The lowest BCUT2D eigenvalue weighted by atomic mass is 9.83. The van der Waals surface area contributed by atoms with E-state index in [1.807, 2.05) is 12.1 Å². The summed E-state index contributed by atoms with van der Waals surface area (Å²) >= 11 is 12.1. The highest BCUT2D eigenvalue weighted by molar-refractivity contribution is 6.42. The van der Waals surface area contributed by atoms with Crippen LogP contribution in [0.4, 0.5) is 4.79 Å². The van der Waals surface area contributed by atoms with Gasteiger partial charge in [0.1, 0.15) is 5.54 Å². The number of amides is 3. The second kappa shape index (κ2) is 7.20. The van der Waals surface area contributed by atoms with E-state index in [1.54, 1.807) is 37.3 Å². The first-order valence-electron chi connectivity index (χ1n) is 9.39. The van der Waals surface area contributed by atoms with E-state index in [4.69, 9.17) is 23.2 Å². The molecule has 1 saturated heterocycles.